The average Bonchev–Trinajstić information content (AvgIpc) is 3.44. The lowest BCUT2D eigenvalue weighted by molar-refractivity contribution is 0.299. The normalized spacial score (nSPS) is 11.0. The maximum absolute atomic E-state index is 9.52. The second-order valence-corrected chi connectivity index (χ2v) is 7.98. The number of aromatic nitrogens is 6. The van der Waals surface area contributed by atoms with Crippen LogP contribution in [0.3, 0.4) is 0 Å². The number of pyridine rings is 2. The van der Waals surface area contributed by atoms with Crippen molar-refractivity contribution in [2.75, 3.05) is 11.9 Å². The first kappa shape index (κ1) is 21.3. The van der Waals surface area contributed by atoms with Crippen molar-refractivity contribution in [3.05, 3.63) is 83.6 Å². The minimum Gasteiger partial charge on any atom is -0.396 e. The molecule has 0 atom stereocenters. The summed E-state index contributed by atoms with van der Waals surface area (Å²) in [5, 5.41) is 26.4. The summed E-state index contributed by atoms with van der Waals surface area (Å²) < 4.78 is 3.54. The standard InChI is InChI=1S/C25H22N8O/c1-16-3-7-23(27-14-16)29-19-5-6-22-21(12-19)28-15-32(22)24-8-4-18(9-10-34)25(30-24)33-17(2)11-20(13-26)31-33/h3-8,11-12,14-15,34H,9-10H2,1-2H3,(H,27,29). The highest BCUT2D eigenvalue weighted by Crippen LogP contribution is 2.25. The van der Waals surface area contributed by atoms with Crippen LogP contribution < -0.4 is 5.32 Å². The van der Waals surface area contributed by atoms with Crippen molar-refractivity contribution in [2.24, 2.45) is 0 Å². The number of aliphatic hydroxyl groups is 1. The van der Waals surface area contributed by atoms with E-state index in [4.69, 9.17) is 4.98 Å². The molecule has 0 aliphatic carbocycles. The van der Waals surface area contributed by atoms with E-state index in [9.17, 15) is 10.4 Å². The molecule has 4 aromatic heterocycles. The predicted octanol–water partition coefficient (Wildman–Crippen LogP) is 3.77. The van der Waals surface area contributed by atoms with Crippen molar-refractivity contribution in [3.63, 3.8) is 0 Å². The van der Waals surface area contributed by atoms with Crippen molar-refractivity contribution in [1.82, 2.24) is 29.3 Å². The Hall–Kier alpha value is -4.55. The Bertz CT molecular complexity index is 1530. The van der Waals surface area contributed by atoms with E-state index < -0.39 is 0 Å². The van der Waals surface area contributed by atoms with Gasteiger partial charge in [-0.15, -0.1) is 0 Å². The van der Waals surface area contributed by atoms with Gasteiger partial charge >= 0.3 is 0 Å². The highest BCUT2D eigenvalue weighted by molar-refractivity contribution is 5.82. The van der Waals surface area contributed by atoms with Crippen LogP contribution in [-0.2, 0) is 6.42 Å². The topological polar surface area (TPSA) is 117 Å². The van der Waals surface area contributed by atoms with Crippen molar-refractivity contribution >= 4 is 22.5 Å². The maximum atomic E-state index is 9.52. The number of rotatable bonds is 6. The van der Waals surface area contributed by atoms with Gasteiger partial charge in [-0.3, -0.25) is 4.57 Å². The van der Waals surface area contributed by atoms with Crippen LogP contribution in [0.25, 0.3) is 22.7 Å². The van der Waals surface area contributed by atoms with Gasteiger partial charge in [0, 0.05) is 24.2 Å². The first-order chi connectivity index (χ1) is 16.6. The number of hydrogen-bond donors (Lipinski definition) is 2. The highest BCUT2D eigenvalue weighted by Gasteiger charge is 2.15. The Morgan fingerprint density at radius 2 is 1.94 bits per heavy atom. The number of nitrogens with one attached hydrogen (secondary N) is 1. The fraction of sp³-hybridized carbons (Fsp3) is 0.160. The Morgan fingerprint density at radius 1 is 1.06 bits per heavy atom. The monoisotopic (exact) mass is 450 g/mol. The summed E-state index contributed by atoms with van der Waals surface area (Å²) in [6.45, 7) is 3.86. The zero-order valence-corrected chi connectivity index (χ0v) is 18.8. The molecule has 0 spiro atoms. The van der Waals surface area contributed by atoms with E-state index >= 15 is 0 Å². The van der Waals surface area contributed by atoms with Gasteiger partial charge in [0.1, 0.15) is 24.0 Å². The SMILES string of the molecule is Cc1ccc(Nc2ccc3c(c2)ncn3-c2ccc(CCO)c(-n3nc(C#N)cc3C)n2)nc1. The molecule has 0 amide bonds. The predicted molar refractivity (Wildman–Crippen MR) is 128 cm³/mol. The summed E-state index contributed by atoms with van der Waals surface area (Å²) in [5.41, 5.74) is 5.63. The number of fused-ring (bicyclic) bond motifs is 1. The molecule has 2 N–H and O–H groups in total. The number of nitrogens with zero attached hydrogens (tertiary/aromatic N) is 7. The van der Waals surface area contributed by atoms with Gasteiger partial charge in [-0.25, -0.2) is 19.6 Å². The van der Waals surface area contributed by atoms with Crippen LogP contribution in [0, 0.1) is 25.2 Å². The molecule has 0 aliphatic rings. The van der Waals surface area contributed by atoms with Crippen LogP contribution in [0.5, 0.6) is 0 Å². The summed E-state index contributed by atoms with van der Waals surface area (Å²) in [4.78, 5) is 13.8. The number of benzene rings is 1. The van der Waals surface area contributed by atoms with Gasteiger partial charge in [0.2, 0.25) is 0 Å². The van der Waals surface area contributed by atoms with Gasteiger partial charge in [-0.05, 0) is 67.8 Å². The lowest BCUT2D eigenvalue weighted by Gasteiger charge is -2.12. The number of imidazole rings is 1. The summed E-state index contributed by atoms with van der Waals surface area (Å²) >= 11 is 0. The molecule has 0 aliphatic heterocycles. The highest BCUT2D eigenvalue weighted by atomic mass is 16.3. The quantitative estimate of drug-likeness (QED) is 0.404. The molecule has 1 aromatic carbocycles. The Labute approximate surface area is 196 Å². The van der Waals surface area contributed by atoms with Gasteiger partial charge in [0.15, 0.2) is 11.5 Å². The average molecular weight is 451 g/mol. The van der Waals surface area contributed by atoms with Crippen molar-refractivity contribution in [2.45, 2.75) is 20.3 Å². The molecule has 34 heavy (non-hydrogen) atoms. The van der Waals surface area contributed by atoms with Crippen LogP contribution in [0.1, 0.15) is 22.5 Å². The smallest absolute Gasteiger partial charge is 0.163 e. The maximum Gasteiger partial charge on any atom is 0.163 e. The van der Waals surface area contributed by atoms with Crippen LogP contribution in [0.4, 0.5) is 11.5 Å². The van der Waals surface area contributed by atoms with Gasteiger partial charge in [0.05, 0.1) is 11.0 Å². The molecule has 0 unspecified atom stereocenters. The molecule has 9 nitrogen and oxygen atoms in total. The molecule has 0 radical (unpaired) electrons. The molecule has 5 rings (SSSR count). The van der Waals surface area contributed by atoms with E-state index in [2.05, 4.69) is 26.5 Å². The zero-order valence-electron chi connectivity index (χ0n) is 18.8. The first-order valence-corrected chi connectivity index (χ1v) is 10.8. The van der Waals surface area contributed by atoms with Gasteiger partial charge in [-0.2, -0.15) is 10.4 Å². The molecular weight excluding hydrogens is 428 g/mol. The van der Waals surface area contributed by atoms with Gasteiger partial charge in [-0.1, -0.05) is 12.1 Å². The largest absolute Gasteiger partial charge is 0.396 e. The minimum absolute atomic E-state index is 0.0148. The third kappa shape index (κ3) is 3.98. The van der Waals surface area contributed by atoms with Crippen molar-refractivity contribution in [3.8, 4) is 17.7 Å². The van der Waals surface area contributed by atoms with Gasteiger partial charge < -0.3 is 10.4 Å². The molecule has 168 valence electrons. The zero-order chi connectivity index (χ0) is 23.7. The molecule has 0 fully saturated rings. The van der Waals surface area contributed by atoms with Crippen LogP contribution >= 0.6 is 0 Å². The second-order valence-electron chi connectivity index (χ2n) is 7.98. The van der Waals surface area contributed by atoms with Crippen molar-refractivity contribution < 1.29 is 5.11 Å². The molecular formula is C25H22N8O. The Balaban J connectivity index is 1.53. The van der Waals surface area contributed by atoms with E-state index in [-0.39, 0.29) is 6.61 Å². The Morgan fingerprint density at radius 3 is 2.68 bits per heavy atom. The molecule has 0 saturated carbocycles. The summed E-state index contributed by atoms with van der Waals surface area (Å²) in [6.07, 6.45) is 3.98. The number of nitriles is 1. The van der Waals surface area contributed by atoms with E-state index in [0.717, 1.165) is 39.4 Å². The number of aliphatic hydroxyl groups excluding tert-OH is 1. The summed E-state index contributed by atoms with van der Waals surface area (Å²) in [5.74, 6) is 2.01. The Kier molecular flexibility index (Phi) is 5.49. The number of hydrogen-bond acceptors (Lipinski definition) is 7. The van der Waals surface area contributed by atoms with Crippen LogP contribution in [0.15, 0.2) is 61.1 Å². The third-order valence-electron chi connectivity index (χ3n) is 5.50. The summed E-state index contributed by atoms with van der Waals surface area (Å²) in [7, 11) is 0. The number of anilines is 2. The molecule has 4 heterocycles. The summed E-state index contributed by atoms with van der Waals surface area (Å²) in [6, 6.07) is 17.4. The van der Waals surface area contributed by atoms with E-state index in [1.165, 1.54) is 0 Å². The third-order valence-corrected chi connectivity index (χ3v) is 5.50. The fourth-order valence-corrected chi connectivity index (χ4v) is 3.81. The fourth-order valence-electron chi connectivity index (χ4n) is 3.81. The first-order valence-electron chi connectivity index (χ1n) is 10.8. The van der Waals surface area contributed by atoms with E-state index in [0.29, 0.717) is 23.8 Å². The lowest BCUT2D eigenvalue weighted by Crippen LogP contribution is -2.10. The van der Waals surface area contributed by atoms with Crippen molar-refractivity contribution in [1.29, 1.82) is 5.26 Å². The molecule has 0 bridgehead atoms. The minimum atomic E-state index is -0.0148. The van der Waals surface area contributed by atoms with Crippen LogP contribution in [-0.4, -0.2) is 41.0 Å². The second kappa shape index (κ2) is 8.77. The van der Waals surface area contributed by atoms with E-state index in [1.54, 1.807) is 17.1 Å². The molecule has 0 saturated heterocycles. The van der Waals surface area contributed by atoms with Gasteiger partial charge in [0.25, 0.3) is 0 Å². The van der Waals surface area contributed by atoms with E-state index in [1.807, 2.05) is 67.1 Å². The van der Waals surface area contributed by atoms with Crippen LogP contribution in [0.2, 0.25) is 0 Å². The lowest BCUT2D eigenvalue weighted by atomic mass is 10.2. The molecule has 9 heteroatoms. The molecule has 5 aromatic rings. The number of aryl methyl sites for hydroxylation is 2.